The smallest absolute Gasteiger partial charge is 0.248 e. The van der Waals surface area contributed by atoms with Gasteiger partial charge in [-0.1, -0.05) is 12.1 Å². The molecule has 106 valence electrons. The van der Waals surface area contributed by atoms with E-state index in [4.69, 9.17) is 5.73 Å². The van der Waals surface area contributed by atoms with Gasteiger partial charge >= 0.3 is 0 Å². The van der Waals surface area contributed by atoms with Crippen LogP contribution in [-0.4, -0.2) is 11.7 Å². The van der Waals surface area contributed by atoms with Gasteiger partial charge in [-0.2, -0.15) is 0 Å². The Morgan fingerprint density at radius 2 is 1.62 bits per heavy atom. The minimum absolute atomic E-state index is 0.00359. The first-order valence-electron chi connectivity index (χ1n) is 6.50. The minimum Gasteiger partial charge on any atom is -0.399 e. The molecule has 21 heavy (non-hydrogen) atoms. The zero-order valence-electron chi connectivity index (χ0n) is 11.7. The number of amides is 1. The molecule has 0 spiro atoms. The summed E-state index contributed by atoms with van der Waals surface area (Å²) in [5.74, 6) is -0.237. The van der Waals surface area contributed by atoms with Gasteiger partial charge in [0.15, 0.2) is 5.78 Å². The van der Waals surface area contributed by atoms with Crippen LogP contribution in [0.15, 0.2) is 54.6 Å². The number of rotatable bonds is 4. The van der Waals surface area contributed by atoms with E-state index in [9.17, 15) is 9.59 Å². The number of hydrogen-bond donors (Lipinski definition) is 2. The Kier molecular flexibility index (Phi) is 4.51. The van der Waals surface area contributed by atoms with Gasteiger partial charge in [-0.25, -0.2) is 0 Å². The van der Waals surface area contributed by atoms with Crippen molar-refractivity contribution in [3.05, 3.63) is 65.7 Å². The van der Waals surface area contributed by atoms with E-state index < -0.39 is 0 Å². The fourth-order valence-corrected chi connectivity index (χ4v) is 1.75. The lowest BCUT2D eigenvalue weighted by molar-refractivity contribution is -0.111. The van der Waals surface area contributed by atoms with Crippen molar-refractivity contribution in [1.82, 2.24) is 0 Å². The Hall–Kier alpha value is -2.88. The Bertz CT molecular complexity index is 671. The third-order valence-electron chi connectivity index (χ3n) is 2.92. The number of carbonyl (C=O) groups excluding carboxylic acids is 2. The summed E-state index contributed by atoms with van der Waals surface area (Å²) in [6.45, 7) is 1.50. The average molecular weight is 280 g/mol. The van der Waals surface area contributed by atoms with Crippen molar-refractivity contribution in [3.63, 3.8) is 0 Å². The second-order valence-electron chi connectivity index (χ2n) is 4.62. The second-order valence-corrected chi connectivity index (χ2v) is 4.62. The van der Waals surface area contributed by atoms with E-state index in [1.54, 1.807) is 42.5 Å². The highest BCUT2D eigenvalue weighted by Gasteiger charge is 2.01. The number of nitrogen functional groups attached to an aromatic ring is 1. The van der Waals surface area contributed by atoms with Gasteiger partial charge in [0.2, 0.25) is 5.91 Å². The van der Waals surface area contributed by atoms with Crippen molar-refractivity contribution in [2.75, 3.05) is 11.1 Å². The first-order valence-corrected chi connectivity index (χ1v) is 6.50. The topological polar surface area (TPSA) is 72.2 Å². The highest BCUT2D eigenvalue weighted by molar-refractivity contribution is 6.02. The Labute approximate surface area is 123 Å². The van der Waals surface area contributed by atoms with Gasteiger partial charge in [-0.3, -0.25) is 9.59 Å². The third kappa shape index (κ3) is 4.31. The van der Waals surface area contributed by atoms with Gasteiger partial charge in [0.25, 0.3) is 0 Å². The van der Waals surface area contributed by atoms with Crippen LogP contribution in [0.5, 0.6) is 0 Å². The number of carbonyl (C=O) groups is 2. The second kappa shape index (κ2) is 6.52. The lowest BCUT2D eigenvalue weighted by atomic mass is 10.1. The molecule has 0 unspecified atom stereocenters. The van der Waals surface area contributed by atoms with E-state index in [0.29, 0.717) is 16.9 Å². The van der Waals surface area contributed by atoms with Crippen LogP contribution in [0, 0.1) is 0 Å². The fourth-order valence-electron chi connectivity index (χ4n) is 1.75. The summed E-state index contributed by atoms with van der Waals surface area (Å²) < 4.78 is 0. The van der Waals surface area contributed by atoms with Crippen LogP contribution in [0.2, 0.25) is 0 Å². The van der Waals surface area contributed by atoms with Crippen molar-refractivity contribution in [2.45, 2.75) is 6.92 Å². The molecule has 3 N–H and O–H groups in total. The lowest BCUT2D eigenvalue weighted by Crippen LogP contribution is -2.07. The van der Waals surface area contributed by atoms with E-state index in [0.717, 1.165) is 5.56 Å². The maximum atomic E-state index is 11.8. The number of hydrogen-bond acceptors (Lipinski definition) is 3. The highest BCUT2D eigenvalue weighted by atomic mass is 16.1. The first-order chi connectivity index (χ1) is 10.0. The maximum Gasteiger partial charge on any atom is 0.248 e. The molecule has 2 aromatic rings. The van der Waals surface area contributed by atoms with Gasteiger partial charge in [0, 0.05) is 23.0 Å². The van der Waals surface area contributed by atoms with Crippen LogP contribution in [0.3, 0.4) is 0 Å². The Balaban J connectivity index is 1.98. The van der Waals surface area contributed by atoms with Crippen molar-refractivity contribution < 1.29 is 9.59 Å². The van der Waals surface area contributed by atoms with Gasteiger partial charge < -0.3 is 11.1 Å². The Morgan fingerprint density at radius 1 is 1.00 bits per heavy atom. The summed E-state index contributed by atoms with van der Waals surface area (Å²) in [5, 5.41) is 2.73. The third-order valence-corrected chi connectivity index (χ3v) is 2.92. The number of benzene rings is 2. The van der Waals surface area contributed by atoms with Crippen molar-refractivity contribution in [3.8, 4) is 0 Å². The van der Waals surface area contributed by atoms with Gasteiger partial charge in [-0.05, 0) is 55.0 Å². The van der Waals surface area contributed by atoms with Crippen molar-refractivity contribution >= 4 is 29.1 Å². The first kappa shape index (κ1) is 14.5. The van der Waals surface area contributed by atoms with Crippen LogP contribution in [0.1, 0.15) is 22.8 Å². The van der Waals surface area contributed by atoms with E-state index >= 15 is 0 Å². The average Bonchev–Trinajstić information content (AvgIpc) is 2.47. The number of nitrogens with one attached hydrogen (secondary N) is 1. The highest BCUT2D eigenvalue weighted by Crippen LogP contribution is 2.11. The summed E-state index contributed by atoms with van der Waals surface area (Å²) in [7, 11) is 0. The van der Waals surface area contributed by atoms with Gasteiger partial charge in [0.05, 0.1) is 0 Å². The summed E-state index contributed by atoms with van der Waals surface area (Å²) >= 11 is 0. The normalized spacial score (nSPS) is 10.5. The van der Waals surface area contributed by atoms with Crippen LogP contribution in [0.25, 0.3) is 6.08 Å². The minimum atomic E-state index is -0.234. The van der Waals surface area contributed by atoms with Crippen LogP contribution in [0.4, 0.5) is 11.4 Å². The molecule has 0 heterocycles. The predicted molar refractivity (Wildman–Crippen MR) is 85.0 cm³/mol. The molecule has 2 rings (SSSR count). The predicted octanol–water partition coefficient (Wildman–Crippen LogP) is 3.12. The molecule has 0 atom stereocenters. The summed E-state index contributed by atoms with van der Waals surface area (Å²) in [6, 6.07) is 14.0. The number of Topliss-reactive ketones (excluding diaryl/α,β-unsaturated/α-hetero) is 1. The summed E-state index contributed by atoms with van der Waals surface area (Å²) in [5.41, 5.74) is 8.43. The van der Waals surface area contributed by atoms with Crippen LogP contribution in [-0.2, 0) is 4.79 Å². The van der Waals surface area contributed by atoms with E-state index in [1.165, 1.54) is 13.0 Å². The van der Waals surface area contributed by atoms with Crippen LogP contribution < -0.4 is 11.1 Å². The monoisotopic (exact) mass is 280 g/mol. The summed E-state index contributed by atoms with van der Waals surface area (Å²) in [6.07, 6.45) is 3.16. The zero-order valence-corrected chi connectivity index (χ0v) is 11.7. The van der Waals surface area contributed by atoms with E-state index in [1.807, 2.05) is 12.1 Å². The quantitative estimate of drug-likeness (QED) is 0.513. The van der Waals surface area contributed by atoms with E-state index in [2.05, 4.69) is 5.32 Å². The molecule has 0 radical (unpaired) electrons. The lowest BCUT2D eigenvalue weighted by Gasteiger charge is -2.03. The van der Waals surface area contributed by atoms with Crippen molar-refractivity contribution in [2.24, 2.45) is 0 Å². The molecule has 0 saturated carbocycles. The molecule has 0 aliphatic rings. The molecule has 0 fully saturated rings. The SMILES string of the molecule is CC(=O)c1ccc(NC(=O)/C=C/c2ccc(N)cc2)cc1. The molecule has 4 heteroatoms. The van der Waals surface area contributed by atoms with Crippen LogP contribution >= 0.6 is 0 Å². The molecular weight excluding hydrogens is 264 g/mol. The number of ketones is 1. The van der Waals surface area contributed by atoms with Gasteiger partial charge in [-0.15, -0.1) is 0 Å². The van der Waals surface area contributed by atoms with Gasteiger partial charge in [0.1, 0.15) is 0 Å². The molecule has 0 bridgehead atoms. The molecular formula is C17H16N2O2. The van der Waals surface area contributed by atoms with E-state index in [-0.39, 0.29) is 11.7 Å². The molecule has 4 nitrogen and oxygen atoms in total. The molecule has 0 aliphatic heterocycles. The molecule has 0 saturated heterocycles. The maximum absolute atomic E-state index is 11.8. The molecule has 1 amide bonds. The Morgan fingerprint density at radius 3 is 2.19 bits per heavy atom. The largest absolute Gasteiger partial charge is 0.399 e. The number of nitrogens with two attached hydrogens (primary N) is 1. The standard InChI is InChI=1S/C17H16N2O2/c1-12(20)14-5-9-16(10-6-14)19-17(21)11-4-13-2-7-15(18)8-3-13/h2-11H,18H2,1H3,(H,19,21)/b11-4+. The summed E-state index contributed by atoms with van der Waals surface area (Å²) in [4.78, 5) is 22.9. The molecule has 0 aliphatic carbocycles. The fraction of sp³-hybridized carbons (Fsp3) is 0.0588. The zero-order chi connectivity index (χ0) is 15.2. The molecule has 0 aromatic heterocycles. The molecule has 2 aromatic carbocycles. The van der Waals surface area contributed by atoms with Crippen molar-refractivity contribution in [1.29, 1.82) is 0 Å². The number of anilines is 2.